The Morgan fingerprint density at radius 2 is 2.13 bits per heavy atom. The molecule has 2 rings (SSSR count). The molecule has 0 aromatic carbocycles. The van der Waals surface area contributed by atoms with E-state index in [0.29, 0.717) is 25.1 Å². The van der Waals surface area contributed by atoms with E-state index in [1.54, 1.807) is 4.90 Å². The zero-order valence-electron chi connectivity index (χ0n) is 13.4. The largest absolute Gasteiger partial charge is 0.481 e. The van der Waals surface area contributed by atoms with Crippen LogP contribution in [0.25, 0.3) is 0 Å². The highest BCUT2D eigenvalue weighted by atomic mass is 16.5. The zero-order chi connectivity index (χ0) is 17.0. The van der Waals surface area contributed by atoms with E-state index in [4.69, 9.17) is 4.52 Å². The van der Waals surface area contributed by atoms with Gasteiger partial charge in [-0.2, -0.15) is 5.16 Å². The summed E-state index contributed by atoms with van der Waals surface area (Å²) in [5, 5.41) is 11.5. The number of amides is 1. The summed E-state index contributed by atoms with van der Waals surface area (Å²) in [5.41, 5.74) is -0.333. The molecule has 2 heterocycles. The molecule has 8 nitrogen and oxygen atoms in total. The van der Waals surface area contributed by atoms with Crippen molar-refractivity contribution in [3.05, 3.63) is 22.2 Å². The minimum Gasteiger partial charge on any atom is -0.481 e. The lowest BCUT2D eigenvalue weighted by Gasteiger charge is -2.28. The summed E-state index contributed by atoms with van der Waals surface area (Å²) in [7, 11) is 3.87. The van der Waals surface area contributed by atoms with Gasteiger partial charge in [-0.3, -0.25) is 14.4 Å². The fourth-order valence-electron chi connectivity index (χ4n) is 2.83. The number of likely N-dealkylation sites (tertiary alicyclic amines) is 1. The number of carbonyl (C=O) groups is 2. The van der Waals surface area contributed by atoms with Crippen molar-refractivity contribution in [2.24, 2.45) is 5.92 Å². The molecule has 1 amide bonds. The number of aryl methyl sites for hydroxylation is 1. The Balaban J connectivity index is 2.01. The average molecular weight is 325 g/mol. The Hall–Kier alpha value is -2.09. The predicted octanol–water partition coefficient (Wildman–Crippen LogP) is 0.154. The van der Waals surface area contributed by atoms with Crippen LogP contribution in [-0.4, -0.2) is 65.2 Å². The number of nitrogens with zero attached hydrogens (tertiary/aromatic N) is 2. The Kier molecular flexibility index (Phi) is 5.59. The van der Waals surface area contributed by atoms with E-state index >= 15 is 0 Å². The van der Waals surface area contributed by atoms with Gasteiger partial charge in [0.1, 0.15) is 5.76 Å². The average Bonchev–Trinajstić information content (AvgIpc) is 2.77. The van der Waals surface area contributed by atoms with E-state index in [2.05, 4.69) is 5.16 Å². The highest BCUT2D eigenvalue weighted by molar-refractivity contribution is 5.78. The van der Waals surface area contributed by atoms with Gasteiger partial charge in [-0.25, -0.2) is 0 Å². The SMILES string of the molecule is CN(C)[C@@H]1CC[C@H](C(=O)O)CN(C(=O)CCc2cc(=O)[nH]o2)C1. The summed E-state index contributed by atoms with van der Waals surface area (Å²) in [6.07, 6.45) is 1.82. The molecule has 0 spiro atoms. The molecule has 23 heavy (non-hydrogen) atoms. The third-order valence-corrected chi connectivity index (χ3v) is 4.31. The normalized spacial score (nSPS) is 22.1. The van der Waals surface area contributed by atoms with Crippen LogP contribution in [0, 0.1) is 5.92 Å². The lowest BCUT2D eigenvalue weighted by molar-refractivity contribution is -0.143. The van der Waals surface area contributed by atoms with E-state index in [1.807, 2.05) is 19.0 Å². The summed E-state index contributed by atoms with van der Waals surface area (Å²) in [4.78, 5) is 38.4. The van der Waals surface area contributed by atoms with Crippen molar-refractivity contribution in [3.8, 4) is 0 Å². The first-order valence-electron chi connectivity index (χ1n) is 7.71. The van der Waals surface area contributed by atoms with Crippen LogP contribution >= 0.6 is 0 Å². The molecule has 0 radical (unpaired) electrons. The molecule has 1 saturated heterocycles. The van der Waals surface area contributed by atoms with Crippen LogP contribution in [0.2, 0.25) is 0 Å². The molecule has 0 unspecified atom stereocenters. The number of nitrogens with one attached hydrogen (secondary N) is 1. The first kappa shape index (κ1) is 17.3. The van der Waals surface area contributed by atoms with Gasteiger partial charge in [0.2, 0.25) is 5.91 Å². The van der Waals surface area contributed by atoms with Crippen LogP contribution in [0.1, 0.15) is 25.0 Å². The molecule has 0 aliphatic carbocycles. The summed E-state index contributed by atoms with van der Waals surface area (Å²) in [6.45, 7) is 0.752. The van der Waals surface area contributed by atoms with Gasteiger partial charge in [0, 0.05) is 38.0 Å². The second-order valence-electron chi connectivity index (χ2n) is 6.21. The van der Waals surface area contributed by atoms with Crippen LogP contribution in [0.15, 0.2) is 15.4 Å². The molecule has 2 N–H and O–H groups in total. The molecule has 1 aliphatic heterocycles. The molecule has 1 aromatic heterocycles. The Bertz CT molecular complexity index is 606. The molecular weight excluding hydrogens is 302 g/mol. The third-order valence-electron chi connectivity index (χ3n) is 4.31. The lowest BCUT2D eigenvalue weighted by atomic mass is 10.0. The number of hydrogen-bond donors (Lipinski definition) is 2. The number of carbonyl (C=O) groups excluding carboxylic acids is 1. The van der Waals surface area contributed by atoms with Crippen molar-refractivity contribution in [2.45, 2.75) is 31.7 Å². The highest BCUT2D eigenvalue weighted by Crippen LogP contribution is 2.20. The molecule has 0 saturated carbocycles. The first-order valence-corrected chi connectivity index (χ1v) is 7.71. The highest BCUT2D eigenvalue weighted by Gasteiger charge is 2.31. The molecule has 1 fully saturated rings. The number of aromatic nitrogens is 1. The number of carboxylic acid groups (broad SMARTS) is 1. The number of carboxylic acids is 1. The van der Waals surface area contributed by atoms with Crippen LogP contribution < -0.4 is 5.56 Å². The molecule has 1 aliphatic rings. The zero-order valence-corrected chi connectivity index (χ0v) is 13.4. The monoisotopic (exact) mass is 325 g/mol. The van der Waals surface area contributed by atoms with Crippen molar-refractivity contribution >= 4 is 11.9 Å². The van der Waals surface area contributed by atoms with Gasteiger partial charge in [0.25, 0.3) is 5.56 Å². The summed E-state index contributed by atoms with van der Waals surface area (Å²) in [5.74, 6) is -1.08. The molecule has 2 atom stereocenters. The minimum absolute atomic E-state index is 0.117. The van der Waals surface area contributed by atoms with E-state index in [1.165, 1.54) is 6.07 Å². The number of aromatic amines is 1. The van der Waals surface area contributed by atoms with Crippen molar-refractivity contribution in [1.82, 2.24) is 15.0 Å². The van der Waals surface area contributed by atoms with Crippen molar-refractivity contribution in [3.63, 3.8) is 0 Å². The van der Waals surface area contributed by atoms with E-state index in [-0.39, 0.29) is 30.5 Å². The number of H-pyrrole nitrogens is 1. The fourth-order valence-corrected chi connectivity index (χ4v) is 2.83. The first-order chi connectivity index (χ1) is 10.9. The van der Waals surface area contributed by atoms with Crippen molar-refractivity contribution in [2.75, 3.05) is 27.2 Å². The number of rotatable bonds is 5. The summed E-state index contributed by atoms with van der Waals surface area (Å²) in [6, 6.07) is 1.46. The molecular formula is C15H23N3O5. The number of hydrogen-bond acceptors (Lipinski definition) is 5. The van der Waals surface area contributed by atoms with Gasteiger partial charge in [0.15, 0.2) is 0 Å². The number of aliphatic carboxylic acids is 1. The van der Waals surface area contributed by atoms with Crippen LogP contribution in [0.5, 0.6) is 0 Å². The predicted molar refractivity (Wildman–Crippen MR) is 82.1 cm³/mol. The standard InChI is InChI=1S/C15H23N3O5/c1-17(2)11-4-3-10(15(21)22)8-18(9-11)14(20)6-5-12-7-13(19)16-23-12/h7,10-11H,3-6,8-9H2,1-2H3,(H,16,19)(H,21,22)/t10-,11+/m0/s1. The maximum absolute atomic E-state index is 12.5. The Morgan fingerprint density at radius 3 is 2.70 bits per heavy atom. The van der Waals surface area contributed by atoms with Gasteiger partial charge in [-0.15, -0.1) is 0 Å². The second-order valence-corrected chi connectivity index (χ2v) is 6.21. The maximum Gasteiger partial charge on any atom is 0.308 e. The van der Waals surface area contributed by atoms with Crippen LogP contribution in [-0.2, 0) is 16.0 Å². The summed E-state index contributed by atoms with van der Waals surface area (Å²) >= 11 is 0. The van der Waals surface area contributed by atoms with Crippen LogP contribution in [0.4, 0.5) is 0 Å². The van der Waals surface area contributed by atoms with Gasteiger partial charge in [-0.1, -0.05) is 0 Å². The van der Waals surface area contributed by atoms with Gasteiger partial charge in [-0.05, 0) is 26.9 Å². The van der Waals surface area contributed by atoms with E-state index in [9.17, 15) is 19.5 Å². The second kappa shape index (κ2) is 7.45. The van der Waals surface area contributed by atoms with Gasteiger partial charge in [0.05, 0.1) is 5.92 Å². The smallest absolute Gasteiger partial charge is 0.308 e. The van der Waals surface area contributed by atoms with E-state index in [0.717, 1.165) is 6.42 Å². The maximum atomic E-state index is 12.5. The molecule has 1 aromatic rings. The molecule has 0 bridgehead atoms. The third kappa shape index (κ3) is 4.69. The lowest BCUT2D eigenvalue weighted by Crippen LogP contribution is -2.43. The van der Waals surface area contributed by atoms with Gasteiger partial charge >= 0.3 is 5.97 Å². The fraction of sp³-hybridized carbons (Fsp3) is 0.667. The Morgan fingerprint density at radius 1 is 1.39 bits per heavy atom. The topological polar surface area (TPSA) is 107 Å². The summed E-state index contributed by atoms with van der Waals surface area (Å²) < 4.78 is 4.93. The number of likely N-dealkylation sites (N-methyl/N-ethyl adjacent to an activating group) is 1. The molecule has 128 valence electrons. The Labute approximate surface area is 134 Å². The van der Waals surface area contributed by atoms with Crippen LogP contribution in [0.3, 0.4) is 0 Å². The quantitative estimate of drug-likeness (QED) is 0.798. The van der Waals surface area contributed by atoms with Crippen molar-refractivity contribution in [1.29, 1.82) is 0 Å². The van der Waals surface area contributed by atoms with E-state index < -0.39 is 11.9 Å². The van der Waals surface area contributed by atoms with Gasteiger partial charge < -0.3 is 19.4 Å². The van der Waals surface area contributed by atoms with Crippen molar-refractivity contribution < 1.29 is 19.2 Å². The minimum atomic E-state index is -0.862. The molecule has 8 heteroatoms.